The fourth-order valence-electron chi connectivity index (χ4n) is 5.34. The molecule has 0 aliphatic rings. The first-order valence-corrected chi connectivity index (χ1v) is 13.1. The van der Waals surface area contributed by atoms with Gasteiger partial charge in [-0.2, -0.15) is 0 Å². The van der Waals surface area contributed by atoms with E-state index in [4.69, 9.17) is 0 Å². The van der Waals surface area contributed by atoms with Crippen LogP contribution in [0, 0.1) is 0 Å². The fourth-order valence-corrected chi connectivity index (χ4v) is 5.34. The van der Waals surface area contributed by atoms with E-state index in [2.05, 4.69) is 40.8 Å². The summed E-state index contributed by atoms with van der Waals surface area (Å²) in [5.74, 6) is 0. The van der Waals surface area contributed by atoms with Crippen LogP contribution >= 0.6 is 0 Å². The van der Waals surface area contributed by atoms with E-state index in [0.717, 1.165) is 0 Å². The maximum atomic E-state index is 4.42. The van der Waals surface area contributed by atoms with E-state index in [1.54, 1.807) is 49.6 Å². The summed E-state index contributed by atoms with van der Waals surface area (Å²) in [7, 11) is 0. The van der Waals surface area contributed by atoms with Gasteiger partial charge in [0.2, 0.25) is 0 Å². The Labute approximate surface area is 260 Å². The molecule has 0 saturated heterocycles. The van der Waals surface area contributed by atoms with Crippen LogP contribution in [0.4, 0.5) is 0 Å². The van der Waals surface area contributed by atoms with E-state index in [1.165, 1.54) is 0 Å². The third-order valence-corrected chi connectivity index (χ3v) is 7.04. The van der Waals surface area contributed by atoms with Crippen molar-refractivity contribution in [3.8, 4) is 0 Å². The summed E-state index contributed by atoms with van der Waals surface area (Å²) in [5, 5.41) is 35.3. The summed E-state index contributed by atoms with van der Waals surface area (Å²) in [6.45, 7) is -3.67. The normalized spacial score (nSPS) is 11.5. The minimum absolute atomic E-state index is 0. The van der Waals surface area contributed by atoms with Gasteiger partial charge in [-0.25, -0.2) is 40.8 Å². The van der Waals surface area contributed by atoms with E-state index >= 15 is 0 Å². The van der Waals surface area contributed by atoms with Crippen molar-refractivity contribution >= 4 is 36.4 Å². The quantitative estimate of drug-likeness (QED) is 0.235. The molecule has 8 aromatic rings. The molecule has 0 aromatic carbocycles. The number of hydrogen-bond acceptors (Lipinski definition) is 8. The Morgan fingerprint density at radius 2 is 0.395 bits per heavy atom. The average Bonchev–Trinajstić information content (AvgIpc) is 3.91. The van der Waals surface area contributed by atoms with Crippen molar-refractivity contribution in [1.29, 1.82) is 0 Å². The van der Waals surface area contributed by atoms with Gasteiger partial charge >= 0.3 is 36.4 Å². The summed E-state index contributed by atoms with van der Waals surface area (Å²) in [6.07, 6.45) is 28.9. The molecule has 0 unspecified atom stereocenters. The Kier molecular flexibility index (Phi) is 7.62. The van der Waals surface area contributed by atoms with E-state index in [-0.39, 0.29) is 23.1 Å². The Balaban J connectivity index is 0.000000150. The molecule has 0 bridgehead atoms. The van der Waals surface area contributed by atoms with Crippen LogP contribution in [0.2, 0.25) is 0 Å². The van der Waals surface area contributed by atoms with Gasteiger partial charge in [0.05, 0.1) is 0 Å². The van der Waals surface area contributed by atoms with E-state index in [1.807, 2.05) is 135 Å². The van der Waals surface area contributed by atoms with Gasteiger partial charge in [0.15, 0.2) is 0 Å². The zero-order valence-corrected chi connectivity index (χ0v) is 24.3. The fraction of sp³-hybridized carbons (Fsp3) is 0. The van der Waals surface area contributed by atoms with Crippen molar-refractivity contribution in [2.24, 2.45) is 0 Å². The smallest absolute Gasteiger partial charge is 0.379 e. The molecule has 0 fully saturated rings. The SMILES string of the molecule is [Mg+2].c1cnn([B-](n2cccn2)(n2cccn2)n2cccn2)c1.c1cnn([B-](n2cccn2)(n2cccn2)n2cccn2)c1. The molecular formula is C24H24B2MgN16. The molecule has 43 heavy (non-hydrogen) atoms. The second kappa shape index (κ2) is 11.8. The molecule has 0 atom stereocenters. The van der Waals surface area contributed by atoms with Gasteiger partial charge in [-0.15, -0.1) is 0 Å². The molecule has 0 spiro atoms. The van der Waals surface area contributed by atoms with Gasteiger partial charge in [-0.1, -0.05) is 0 Å². The maximum absolute atomic E-state index is 4.42. The Hall–Kier alpha value is -5.42. The molecule has 208 valence electrons. The number of nitrogens with zero attached hydrogens (tertiary/aromatic N) is 16. The van der Waals surface area contributed by atoms with Crippen LogP contribution in [0.3, 0.4) is 0 Å². The van der Waals surface area contributed by atoms with Gasteiger partial charge in [0.25, 0.3) is 0 Å². The van der Waals surface area contributed by atoms with Crippen molar-refractivity contribution in [3.05, 3.63) is 148 Å². The second-order valence-corrected chi connectivity index (χ2v) is 9.27. The second-order valence-electron chi connectivity index (χ2n) is 9.27. The molecule has 0 N–H and O–H groups in total. The summed E-state index contributed by atoms with van der Waals surface area (Å²) in [5.41, 5.74) is 0. The van der Waals surface area contributed by atoms with E-state index in [9.17, 15) is 0 Å². The largest absolute Gasteiger partial charge is 2.00 e. The van der Waals surface area contributed by atoms with Crippen LogP contribution in [0.25, 0.3) is 0 Å². The van der Waals surface area contributed by atoms with Gasteiger partial charge in [0, 0.05) is 49.6 Å². The topological polar surface area (TPSA) is 143 Å². The minimum atomic E-state index is -1.83. The summed E-state index contributed by atoms with van der Waals surface area (Å²) >= 11 is 0. The number of rotatable bonds is 8. The zero-order valence-electron chi connectivity index (χ0n) is 22.9. The summed E-state index contributed by atoms with van der Waals surface area (Å²) in [6, 6.07) is 14.9. The van der Waals surface area contributed by atoms with Crippen LogP contribution < -0.4 is 0 Å². The monoisotopic (exact) mass is 582 g/mol. The summed E-state index contributed by atoms with van der Waals surface area (Å²) in [4.78, 5) is 0. The van der Waals surface area contributed by atoms with E-state index < -0.39 is 13.4 Å². The number of hydrogen-bond donors (Lipinski definition) is 0. The van der Waals surface area contributed by atoms with Gasteiger partial charge in [-0.3, -0.25) is 0 Å². The van der Waals surface area contributed by atoms with Gasteiger partial charge in [0.1, 0.15) is 0 Å². The standard InChI is InChI=1S/2C12H12BN8.Mg/c2*1-5-14-18(9-1)13(19-10-2-6-15-19,20-11-3-7-16-20)21-12-4-8-17-21;/h2*1-12H;/q2*-1;+2. The maximum Gasteiger partial charge on any atom is 2.00 e. The van der Waals surface area contributed by atoms with E-state index in [0.29, 0.717) is 0 Å². The zero-order chi connectivity index (χ0) is 28.2. The molecule has 8 heterocycles. The Morgan fingerprint density at radius 3 is 0.488 bits per heavy atom. The Morgan fingerprint density at radius 1 is 0.256 bits per heavy atom. The summed E-state index contributed by atoms with van der Waals surface area (Å²) < 4.78 is 14.5. The van der Waals surface area contributed by atoms with Crippen molar-refractivity contribution in [3.63, 3.8) is 0 Å². The Bertz CT molecular complexity index is 1430. The first-order valence-electron chi connectivity index (χ1n) is 13.1. The first-order chi connectivity index (χ1) is 20.8. The third-order valence-electron chi connectivity index (χ3n) is 7.04. The molecule has 16 nitrogen and oxygen atoms in total. The molecule has 19 heteroatoms. The molecule has 0 saturated carbocycles. The van der Waals surface area contributed by atoms with Crippen molar-refractivity contribution in [2.75, 3.05) is 0 Å². The predicted molar refractivity (Wildman–Crippen MR) is 158 cm³/mol. The first kappa shape index (κ1) is 27.7. The van der Waals surface area contributed by atoms with Crippen LogP contribution in [0.5, 0.6) is 0 Å². The average molecular weight is 582 g/mol. The van der Waals surface area contributed by atoms with Crippen molar-refractivity contribution in [2.45, 2.75) is 0 Å². The molecule has 8 rings (SSSR count). The van der Waals surface area contributed by atoms with Crippen LogP contribution in [-0.2, 0) is 0 Å². The molecule has 8 aromatic heterocycles. The van der Waals surface area contributed by atoms with Gasteiger partial charge in [-0.05, 0) is 98.1 Å². The van der Waals surface area contributed by atoms with Crippen LogP contribution in [0.1, 0.15) is 0 Å². The van der Waals surface area contributed by atoms with Gasteiger partial charge < -0.3 is 36.7 Å². The van der Waals surface area contributed by atoms with Crippen molar-refractivity contribution in [1.82, 2.24) is 77.5 Å². The predicted octanol–water partition coefficient (Wildman–Crippen LogP) is 0.422. The minimum Gasteiger partial charge on any atom is -0.379 e. The molecular weight excluding hydrogens is 558 g/mol. The van der Waals surface area contributed by atoms with Crippen LogP contribution in [-0.4, -0.2) is 114 Å². The third kappa shape index (κ3) is 4.50. The molecule has 0 amide bonds. The molecule has 0 radical (unpaired) electrons. The molecule has 0 aliphatic carbocycles. The van der Waals surface area contributed by atoms with Crippen molar-refractivity contribution < 1.29 is 0 Å². The number of aromatic nitrogens is 16. The van der Waals surface area contributed by atoms with Crippen LogP contribution in [0.15, 0.2) is 148 Å². The molecule has 0 aliphatic heterocycles.